The van der Waals surface area contributed by atoms with Crippen LogP contribution in [-0.2, 0) is 6.54 Å². The van der Waals surface area contributed by atoms with Gasteiger partial charge in [0.15, 0.2) is 10.4 Å². The summed E-state index contributed by atoms with van der Waals surface area (Å²) in [5.74, 6) is -0.0574. The first-order valence-corrected chi connectivity index (χ1v) is 8.42. The molecule has 0 aliphatic carbocycles. The molecule has 0 saturated carbocycles. The van der Waals surface area contributed by atoms with E-state index in [9.17, 15) is 9.18 Å². The van der Waals surface area contributed by atoms with Crippen molar-refractivity contribution in [3.05, 3.63) is 58.2 Å². The van der Waals surface area contributed by atoms with E-state index in [1.807, 2.05) is 12.1 Å². The molecule has 0 unspecified atom stereocenters. The minimum Gasteiger partial charge on any atom is -0.444 e. The van der Waals surface area contributed by atoms with E-state index in [0.717, 1.165) is 38.0 Å². The van der Waals surface area contributed by atoms with Gasteiger partial charge in [-0.3, -0.25) is 9.69 Å². The average molecular weight is 381 g/mol. The second-order valence-electron chi connectivity index (χ2n) is 5.75. The summed E-state index contributed by atoms with van der Waals surface area (Å²) < 4.78 is 18.7. The molecule has 23 heavy (non-hydrogen) atoms. The average Bonchev–Trinajstić information content (AvgIpc) is 2.98. The number of amides is 1. The lowest BCUT2D eigenvalue weighted by Gasteiger charge is -2.32. The first-order valence-electron chi connectivity index (χ1n) is 7.63. The summed E-state index contributed by atoms with van der Waals surface area (Å²) in [5.41, 5.74) is 1.11. The van der Waals surface area contributed by atoms with Crippen molar-refractivity contribution >= 4 is 21.8 Å². The predicted octanol–water partition coefficient (Wildman–Crippen LogP) is 3.58. The van der Waals surface area contributed by atoms with Gasteiger partial charge in [0.25, 0.3) is 5.91 Å². The van der Waals surface area contributed by atoms with Gasteiger partial charge in [0.2, 0.25) is 0 Å². The Labute approximate surface area is 142 Å². The second kappa shape index (κ2) is 7.27. The quantitative estimate of drug-likeness (QED) is 0.881. The number of hydrogen-bond donors (Lipinski definition) is 1. The van der Waals surface area contributed by atoms with Gasteiger partial charge in [-0.2, -0.15) is 0 Å². The Morgan fingerprint density at radius 2 is 1.91 bits per heavy atom. The number of piperidine rings is 1. The fourth-order valence-corrected chi connectivity index (χ4v) is 3.08. The van der Waals surface area contributed by atoms with E-state index < -0.39 is 0 Å². The van der Waals surface area contributed by atoms with Gasteiger partial charge in [-0.05, 0) is 58.6 Å². The van der Waals surface area contributed by atoms with Crippen molar-refractivity contribution < 1.29 is 13.6 Å². The second-order valence-corrected chi connectivity index (χ2v) is 6.54. The minimum absolute atomic E-state index is 0.163. The molecule has 4 nitrogen and oxygen atoms in total. The summed E-state index contributed by atoms with van der Waals surface area (Å²) in [4.78, 5) is 14.4. The van der Waals surface area contributed by atoms with E-state index in [2.05, 4.69) is 26.1 Å². The number of carbonyl (C=O) groups is 1. The number of hydrogen-bond acceptors (Lipinski definition) is 3. The van der Waals surface area contributed by atoms with Gasteiger partial charge in [0, 0.05) is 25.7 Å². The zero-order valence-corrected chi connectivity index (χ0v) is 14.2. The van der Waals surface area contributed by atoms with Crippen molar-refractivity contribution in [2.45, 2.75) is 25.4 Å². The maximum atomic E-state index is 12.9. The molecule has 3 rings (SSSR count). The Hall–Kier alpha value is -1.66. The smallest absolute Gasteiger partial charge is 0.287 e. The van der Waals surface area contributed by atoms with Crippen molar-refractivity contribution in [1.82, 2.24) is 10.2 Å². The molecule has 1 fully saturated rings. The fraction of sp³-hybridized carbons (Fsp3) is 0.353. The van der Waals surface area contributed by atoms with Crippen LogP contribution in [-0.4, -0.2) is 29.9 Å². The summed E-state index contributed by atoms with van der Waals surface area (Å²) in [5, 5.41) is 3.01. The summed E-state index contributed by atoms with van der Waals surface area (Å²) in [6.07, 6.45) is 1.80. The number of rotatable bonds is 4. The molecule has 2 aromatic rings. The lowest BCUT2D eigenvalue weighted by Crippen LogP contribution is -2.44. The van der Waals surface area contributed by atoms with E-state index >= 15 is 0 Å². The molecule has 1 aromatic heterocycles. The SMILES string of the molecule is O=C(NC1CCN(Cc2ccc(F)cc2)CC1)c1ccc(Br)o1. The normalized spacial score (nSPS) is 16.4. The molecule has 0 spiro atoms. The van der Waals surface area contributed by atoms with Gasteiger partial charge in [0.1, 0.15) is 5.82 Å². The Morgan fingerprint density at radius 1 is 1.22 bits per heavy atom. The molecule has 1 aliphatic rings. The first-order chi connectivity index (χ1) is 11.1. The van der Waals surface area contributed by atoms with Gasteiger partial charge in [-0.25, -0.2) is 4.39 Å². The fourth-order valence-electron chi connectivity index (χ4n) is 2.78. The van der Waals surface area contributed by atoms with Crippen LogP contribution >= 0.6 is 15.9 Å². The predicted molar refractivity (Wildman–Crippen MR) is 88.6 cm³/mol. The minimum atomic E-state index is -0.209. The Bertz CT molecular complexity index is 663. The first kappa shape index (κ1) is 16.2. The summed E-state index contributed by atoms with van der Waals surface area (Å²) in [6, 6.07) is 10.1. The van der Waals surface area contributed by atoms with Crippen molar-refractivity contribution in [2.24, 2.45) is 0 Å². The molecule has 2 heterocycles. The van der Waals surface area contributed by atoms with Crippen LogP contribution in [0.3, 0.4) is 0 Å². The molecule has 0 atom stereocenters. The lowest BCUT2D eigenvalue weighted by molar-refractivity contribution is 0.0880. The van der Waals surface area contributed by atoms with Crippen LogP contribution in [0, 0.1) is 5.82 Å². The van der Waals surface area contributed by atoms with Gasteiger partial charge in [0.05, 0.1) is 0 Å². The van der Waals surface area contributed by atoms with Gasteiger partial charge in [-0.1, -0.05) is 12.1 Å². The van der Waals surface area contributed by atoms with Crippen LogP contribution in [0.2, 0.25) is 0 Å². The monoisotopic (exact) mass is 380 g/mol. The van der Waals surface area contributed by atoms with Crippen molar-refractivity contribution in [3.63, 3.8) is 0 Å². The number of halogens is 2. The molecule has 1 aliphatic heterocycles. The molecular weight excluding hydrogens is 363 g/mol. The highest BCUT2D eigenvalue weighted by molar-refractivity contribution is 9.10. The highest BCUT2D eigenvalue weighted by Crippen LogP contribution is 2.17. The maximum Gasteiger partial charge on any atom is 0.287 e. The molecule has 6 heteroatoms. The van der Waals surface area contributed by atoms with E-state index in [4.69, 9.17) is 4.42 Å². The summed E-state index contributed by atoms with van der Waals surface area (Å²) >= 11 is 3.19. The topological polar surface area (TPSA) is 45.5 Å². The van der Waals surface area contributed by atoms with Gasteiger partial charge >= 0.3 is 0 Å². The largest absolute Gasteiger partial charge is 0.444 e. The number of nitrogens with zero attached hydrogens (tertiary/aromatic N) is 1. The third-order valence-corrected chi connectivity index (χ3v) is 4.47. The Morgan fingerprint density at radius 3 is 2.52 bits per heavy atom. The van der Waals surface area contributed by atoms with E-state index in [1.165, 1.54) is 12.1 Å². The van der Waals surface area contributed by atoms with Crippen molar-refractivity contribution in [2.75, 3.05) is 13.1 Å². The van der Waals surface area contributed by atoms with Gasteiger partial charge < -0.3 is 9.73 Å². The van der Waals surface area contributed by atoms with Crippen LogP contribution in [0.4, 0.5) is 4.39 Å². The van der Waals surface area contributed by atoms with Crippen LogP contribution in [0.1, 0.15) is 29.0 Å². The maximum absolute atomic E-state index is 12.9. The van der Waals surface area contributed by atoms with E-state index in [-0.39, 0.29) is 17.8 Å². The molecule has 1 aromatic carbocycles. The third kappa shape index (κ3) is 4.42. The van der Waals surface area contributed by atoms with Crippen LogP contribution < -0.4 is 5.32 Å². The Kier molecular flexibility index (Phi) is 5.13. The van der Waals surface area contributed by atoms with E-state index in [0.29, 0.717) is 10.4 Å². The highest BCUT2D eigenvalue weighted by Gasteiger charge is 2.22. The zero-order valence-electron chi connectivity index (χ0n) is 12.6. The molecule has 1 amide bonds. The van der Waals surface area contributed by atoms with Crippen LogP contribution in [0.15, 0.2) is 45.5 Å². The molecule has 122 valence electrons. The number of furan rings is 1. The summed E-state index contributed by atoms with van der Waals surface area (Å²) in [7, 11) is 0. The van der Waals surface area contributed by atoms with Gasteiger partial charge in [-0.15, -0.1) is 0 Å². The number of carbonyl (C=O) groups excluding carboxylic acids is 1. The number of nitrogens with one attached hydrogen (secondary N) is 1. The molecular formula is C17H18BrFN2O2. The number of likely N-dealkylation sites (tertiary alicyclic amines) is 1. The summed E-state index contributed by atoms with van der Waals surface area (Å²) in [6.45, 7) is 2.63. The van der Waals surface area contributed by atoms with E-state index in [1.54, 1.807) is 12.1 Å². The van der Waals surface area contributed by atoms with Crippen LogP contribution in [0.5, 0.6) is 0 Å². The molecule has 0 bridgehead atoms. The van der Waals surface area contributed by atoms with Crippen molar-refractivity contribution in [3.8, 4) is 0 Å². The molecule has 0 radical (unpaired) electrons. The molecule has 1 saturated heterocycles. The standard InChI is InChI=1S/C17H18BrFN2O2/c18-16-6-5-15(23-16)17(22)20-14-7-9-21(10-8-14)11-12-1-3-13(19)4-2-12/h1-6,14H,7-11H2,(H,20,22). The lowest BCUT2D eigenvalue weighted by atomic mass is 10.0. The molecule has 1 N–H and O–H groups in total. The van der Waals surface area contributed by atoms with Crippen molar-refractivity contribution in [1.29, 1.82) is 0 Å². The highest BCUT2D eigenvalue weighted by atomic mass is 79.9. The van der Waals surface area contributed by atoms with Crippen LogP contribution in [0.25, 0.3) is 0 Å². The third-order valence-electron chi connectivity index (χ3n) is 4.04. The number of benzene rings is 1. The zero-order chi connectivity index (χ0) is 16.2. The Balaban J connectivity index is 1.46.